The highest BCUT2D eigenvalue weighted by molar-refractivity contribution is 5.83. The van der Waals surface area contributed by atoms with Crippen LogP contribution < -0.4 is 15.1 Å². The minimum absolute atomic E-state index is 0.0729. The van der Waals surface area contributed by atoms with Gasteiger partial charge in [0, 0.05) is 18.8 Å². The average Bonchev–Trinajstić information content (AvgIpc) is 2.73. The number of anilines is 1. The van der Waals surface area contributed by atoms with E-state index in [1.807, 2.05) is 31.2 Å². The van der Waals surface area contributed by atoms with Crippen LogP contribution in [-0.2, 0) is 9.53 Å². The average molecular weight is 396 g/mol. The SMILES string of the molecule is Cc1ccc(C(C)C)c(OCC(=O)NN=Cc2ccc(N3CCOCC3)cc2)c1. The number of carbonyl (C=O) groups excluding carboxylic acids is 1. The van der Waals surface area contributed by atoms with Crippen LogP contribution in [0.15, 0.2) is 47.6 Å². The molecule has 1 aliphatic heterocycles. The van der Waals surface area contributed by atoms with E-state index >= 15 is 0 Å². The quantitative estimate of drug-likeness (QED) is 0.576. The van der Waals surface area contributed by atoms with E-state index < -0.39 is 0 Å². The van der Waals surface area contributed by atoms with E-state index in [9.17, 15) is 4.79 Å². The van der Waals surface area contributed by atoms with Crippen molar-refractivity contribution >= 4 is 17.8 Å². The van der Waals surface area contributed by atoms with Crippen LogP contribution >= 0.6 is 0 Å². The Morgan fingerprint density at radius 2 is 1.93 bits per heavy atom. The summed E-state index contributed by atoms with van der Waals surface area (Å²) in [7, 11) is 0. The van der Waals surface area contributed by atoms with Crippen LogP contribution in [0, 0.1) is 6.92 Å². The Hall–Kier alpha value is -2.86. The van der Waals surface area contributed by atoms with E-state index in [0.717, 1.165) is 48.7 Å². The summed E-state index contributed by atoms with van der Waals surface area (Å²) in [5.74, 6) is 0.785. The van der Waals surface area contributed by atoms with Gasteiger partial charge in [-0.05, 0) is 47.7 Å². The molecule has 0 atom stereocenters. The topological polar surface area (TPSA) is 63.2 Å². The summed E-state index contributed by atoms with van der Waals surface area (Å²) >= 11 is 0. The van der Waals surface area contributed by atoms with Crippen molar-refractivity contribution in [2.24, 2.45) is 5.10 Å². The molecule has 1 fully saturated rings. The maximum absolute atomic E-state index is 12.1. The van der Waals surface area contributed by atoms with Gasteiger partial charge in [-0.3, -0.25) is 4.79 Å². The molecule has 6 heteroatoms. The lowest BCUT2D eigenvalue weighted by atomic mass is 10.0. The van der Waals surface area contributed by atoms with Crippen molar-refractivity contribution in [2.45, 2.75) is 26.7 Å². The van der Waals surface area contributed by atoms with Crippen LogP contribution in [0.25, 0.3) is 0 Å². The molecule has 0 aliphatic carbocycles. The van der Waals surface area contributed by atoms with Gasteiger partial charge in [0.25, 0.3) is 5.91 Å². The maximum Gasteiger partial charge on any atom is 0.277 e. The molecule has 29 heavy (non-hydrogen) atoms. The zero-order valence-corrected chi connectivity index (χ0v) is 17.4. The van der Waals surface area contributed by atoms with Gasteiger partial charge in [0.05, 0.1) is 19.4 Å². The Bertz CT molecular complexity index is 841. The standard InChI is InChI=1S/C23H29N3O3/c1-17(2)21-9-4-18(3)14-22(21)29-16-23(27)25-24-15-19-5-7-20(8-6-19)26-10-12-28-13-11-26/h4-9,14-15,17H,10-13,16H2,1-3H3,(H,25,27). The molecule has 0 unspecified atom stereocenters. The number of nitrogens with one attached hydrogen (secondary N) is 1. The van der Waals surface area contributed by atoms with Crippen molar-refractivity contribution in [1.82, 2.24) is 5.43 Å². The Balaban J connectivity index is 1.49. The first kappa shape index (κ1) is 20.9. The molecule has 0 saturated carbocycles. The summed E-state index contributed by atoms with van der Waals surface area (Å²) in [4.78, 5) is 14.4. The van der Waals surface area contributed by atoms with Crippen molar-refractivity contribution in [3.63, 3.8) is 0 Å². The third-order valence-electron chi connectivity index (χ3n) is 4.82. The van der Waals surface area contributed by atoms with Crippen molar-refractivity contribution in [1.29, 1.82) is 0 Å². The largest absolute Gasteiger partial charge is 0.483 e. The van der Waals surface area contributed by atoms with E-state index in [1.54, 1.807) is 6.21 Å². The number of hydrazone groups is 1. The van der Waals surface area contributed by atoms with Gasteiger partial charge < -0.3 is 14.4 Å². The van der Waals surface area contributed by atoms with Crippen LogP contribution in [-0.4, -0.2) is 45.0 Å². The number of rotatable bonds is 7. The maximum atomic E-state index is 12.1. The Morgan fingerprint density at radius 1 is 1.21 bits per heavy atom. The molecule has 2 aromatic rings. The molecule has 0 spiro atoms. The highest BCUT2D eigenvalue weighted by Gasteiger charge is 2.11. The molecular formula is C23H29N3O3. The van der Waals surface area contributed by atoms with Gasteiger partial charge in [0.2, 0.25) is 0 Å². The highest BCUT2D eigenvalue weighted by atomic mass is 16.5. The summed E-state index contributed by atoms with van der Waals surface area (Å²) in [5.41, 5.74) is 6.80. The second-order valence-corrected chi connectivity index (χ2v) is 7.47. The molecule has 1 saturated heterocycles. The second kappa shape index (κ2) is 10.1. The molecule has 0 radical (unpaired) electrons. The van der Waals surface area contributed by atoms with Crippen molar-refractivity contribution in [3.8, 4) is 5.75 Å². The number of ether oxygens (including phenoxy) is 2. The monoisotopic (exact) mass is 395 g/mol. The fraction of sp³-hybridized carbons (Fsp3) is 0.391. The van der Waals surface area contributed by atoms with Gasteiger partial charge in [-0.25, -0.2) is 5.43 Å². The van der Waals surface area contributed by atoms with Gasteiger partial charge in [0.1, 0.15) is 5.75 Å². The van der Waals surface area contributed by atoms with Gasteiger partial charge in [-0.15, -0.1) is 0 Å². The number of benzene rings is 2. The Labute approximate surface area is 172 Å². The van der Waals surface area contributed by atoms with Crippen LogP contribution in [0.1, 0.15) is 36.5 Å². The predicted molar refractivity (Wildman–Crippen MR) is 116 cm³/mol. The van der Waals surface area contributed by atoms with E-state index in [4.69, 9.17) is 9.47 Å². The lowest BCUT2D eigenvalue weighted by Gasteiger charge is -2.28. The molecule has 0 aromatic heterocycles. The molecular weight excluding hydrogens is 366 g/mol. The van der Waals surface area contributed by atoms with E-state index in [0.29, 0.717) is 5.92 Å². The third-order valence-corrected chi connectivity index (χ3v) is 4.82. The van der Waals surface area contributed by atoms with Gasteiger partial charge in [-0.1, -0.05) is 38.1 Å². The zero-order valence-electron chi connectivity index (χ0n) is 17.4. The third kappa shape index (κ3) is 6.06. The van der Waals surface area contributed by atoms with Crippen molar-refractivity contribution < 1.29 is 14.3 Å². The molecule has 1 aliphatic rings. The lowest BCUT2D eigenvalue weighted by Crippen LogP contribution is -2.36. The van der Waals surface area contributed by atoms with E-state index in [1.165, 1.54) is 5.69 Å². The van der Waals surface area contributed by atoms with Gasteiger partial charge >= 0.3 is 0 Å². The second-order valence-electron chi connectivity index (χ2n) is 7.47. The van der Waals surface area contributed by atoms with Crippen molar-refractivity contribution in [2.75, 3.05) is 37.8 Å². The van der Waals surface area contributed by atoms with Crippen LogP contribution in [0.2, 0.25) is 0 Å². The van der Waals surface area contributed by atoms with Crippen LogP contribution in [0.5, 0.6) is 5.75 Å². The molecule has 2 aromatic carbocycles. The van der Waals surface area contributed by atoms with E-state index in [-0.39, 0.29) is 12.5 Å². The highest BCUT2D eigenvalue weighted by Crippen LogP contribution is 2.27. The molecule has 154 valence electrons. The number of amides is 1. The number of morpholine rings is 1. The first-order valence-electron chi connectivity index (χ1n) is 10.0. The molecule has 1 amide bonds. The molecule has 6 nitrogen and oxygen atoms in total. The predicted octanol–water partition coefficient (Wildman–Crippen LogP) is 3.48. The minimum Gasteiger partial charge on any atom is -0.483 e. The van der Waals surface area contributed by atoms with Crippen molar-refractivity contribution in [3.05, 3.63) is 59.2 Å². The van der Waals surface area contributed by atoms with Gasteiger partial charge in [-0.2, -0.15) is 5.10 Å². The smallest absolute Gasteiger partial charge is 0.277 e. The Kier molecular flexibility index (Phi) is 7.25. The fourth-order valence-electron chi connectivity index (χ4n) is 3.19. The Morgan fingerprint density at radius 3 is 2.62 bits per heavy atom. The normalized spacial score (nSPS) is 14.4. The molecule has 1 N–H and O–H groups in total. The summed E-state index contributed by atoms with van der Waals surface area (Å²) in [6.45, 7) is 9.48. The lowest BCUT2D eigenvalue weighted by molar-refractivity contribution is -0.123. The minimum atomic E-state index is -0.289. The first-order valence-corrected chi connectivity index (χ1v) is 10.0. The zero-order chi connectivity index (χ0) is 20.6. The summed E-state index contributed by atoms with van der Waals surface area (Å²) in [5, 5.41) is 4.03. The molecule has 3 rings (SSSR count). The number of aryl methyl sites for hydroxylation is 1. The first-order chi connectivity index (χ1) is 14.0. The molecule has 0 bridgehead atoms. The number of nitrogens with zero attached hydrogens (tertiary/aromatic N) is 2. The summed E-state index contributed by atoms with van der Waals surface area (Å²) in [6, 6.07) is 14.1. The summed E-state index contributed by atoms with van der Waals surface area (Å²) in [6.07, 6.45) is 1.63. The van der Waals surface area contributed by atoms with Crippen LogP contribution in [0.4, 0.5) is 5.69 Å². The number of carbonyl (C=O) groups is 1. The van der Waals surface area contributed by atoms with E-state index in [2.05, 4.69) is 47.5 Å². The fourth-order valence-corrected chi connectivity index (χ4v) is 3.19. The number of hydrogen-bond donors (Lipinski definition) is 1. The van der Waals surface area contributed by atoms with Crippen LogP contribution in [0.3, 0.4) is 0 Å². The summed E-state index contributed by atoms with van der Waals surface area (Å²) < 4.78 is 11.1. The number of hydrogen-bond acceptors (Lipinski definition) is 5. The molecule has 1 heterocycles. The van der Waals surface area contributed by atoms with Gasteiger partial charge in [0.15, 0.2) is 6.61 Å².